The predicted molar refractivity (Wildman–Crippen MR) is 85.3 cm³/mol. The van der Waals surface area contributed by atoms with E-state index in [0.29, 0.717) is 11.3 Å². The van der Waals surface area contributed by atoms with Crippen LogP contribution in [0, 0.1) is 0 Å². The van der Waals surface area contributed by atoms with Gasteiger partial charge in [-0.15, -0.1) is 0 Å². The topological polar surface area (TPSA) is 37.4 Å². The van der Waals surface area contributed by atoms with Crippen LogP contribution in [0.4, 0.5) is 0 Å². The van der Waals surface area contributed by atoms with Crippen LogP contribution in [0.5, 0.6) is 0 Å². The molecule has 0 atom stereocenters. The Bertz CT molecular complexity index is 565. The fourth-order valence-corrected chi connectivity index (χ4v) is 4.97. The van der Waals surface area contributed by atoms with Crippen LogP contribution in [0.1, 0.15) is 44.6 Å². The maximum atomic E-state index is 12.8. The molecule has 0 aromatic heterocycles. The second kappa shape index (κ2) is 6.58. The third-order valence-electron chi connectivity index (χ3n) is 4.15. The summed E-state index contributed by atoms with van der Waals surface area (Å²) in [5, 5.41) is 0. The zero-order valence-electron chi connectivity index (χ0n) is 12.1. The first kappa shape index (κ1) is 16.0. The molecule has 20 heavy (non-hydrogen) atoms. The van der Waals surface area contributed by atoms with E-state index in [4.69, 9.17) is 0 Å². The van der Waals surface area contributed by atoms with Gasteiger partial charge in [0.1, 0.15) is 0 Å². The Hall–Kier alpha value is -0.390. The average Bonchev–Trinajstić information content (AvgIpc) is 2.46. The van der Waals surface area contributed by atoms with Crippen LogP contribution in [0.25, 0.3) is 0 Å². The van der Waals surface area contributed by atoms with Gasteiger partial charge >= 0.3 is 0 Å². The van der Waals surface area contributed by atoms with Crippen molar-refractivity contribution < 1.29 is 8.42 Å². The van der Waals surface area contributed by atoms with E-state index in [1.165, 1.54) is 6.42 Å². The molecule has 0 unspecified atom stereocenters. The molecule has 5 heteroatoms. The molecule has 0 radical (unpaired) electrons. The van der Waals surface area contributed by atoms with Crippen LogP contribution in [0.3, 0.4) is 0 Å². The molecule has 1 aromatic rings. The SMILES string of the molecule is CCc1cc(Br)ccc1S(=O)(=O)N(C)C1CCCCC1. The van der Waals surface area contributed by atoms with Crippen molar-refractivity contribution in [3.8, 4) is 0 Å². The molecule has 0 spiro atoms. The third kappa shape index (κ3) is 3.26. The molecular weight excluding hydrogens is 338 g/mol. The van der Waals surface area contributed by atoms with Gasteiger partial charge in [0, 0.05) is 17.6 Å². The molecule has 0 bridgehead atoms. The standard InChI is InChI=1S/C15H22BrNO2S/c1-3-12-11-13(16)9-10-15(12)20(18,19)17(2)14-7-5-4-6-8-14/h9-11,14H,3-8H2,1-2H3. The Morgan fingerprint density at radius 1 is 1.25 bits per heavy atom. The van der Waals surface area contributed by atoms with E-state index < -0.39 is 10.0 Å². The molecule has 0 N–H and O–H groups in total. The Balaban J connectivity index is 2.34. The molecule has 0 heterocycles. The lowest BCUT2D eigenvalue weighted by atomic mass is 9.96. The van der Waals surface area contributed by atoms with Gasteiger partial charge in [0.25, 0.3) is 0 Å². The Morgan fingerprint density at radius 3 is 2.50 bits per heavy atom. The highest BCUT2D eigenvalue weighted by atomic mass is 79.9. The Kier molecular flexibility index (Phi) is 5.26. The summed E-state index contributed by atoms with van der Waals surface area (Å²) in [4.78, 5) is 0.455. The summed E-state index contributed by atoms with van der Waals surface area (Å²) in [6.45, 7) is 1.99. The first-order valence-corrected chi connectivity index (χ1v) is 9.46. The lowest BCUT2D eigenvalue weighted by Crippen LogP contribution is -2.38. The van der Waals surface area contributed by atoms with Gasteiger partial charge in [0.2, 0.25) is 10.0 Å². The van der Waals surface area contributed by atoms with Gasteiger partial charge in [-0.1, -0.05) is 42.1 Å². The minimum Gasteiger partial charge on any atom is -0.207 e. The molecule has 0 amide bonds. The smallest absolute Gasteiger partial charge is 0.207 e. The van der Waals surface area contributed by atoms with Crippen molar-refractivity contribution in [1.29, 1.82) is 0 Å². The number of hydrogen-bond acceptors (Lipinski definition) is 2. The van der Waals surface area contributed by atoms with Crippen molar-refractivity contribution in [3.05, 3.63) is 28.2 Å². The van der Waals surface area contributed by atoms with Crippen molar-refractivity contribution in [1.82, 2.24) is 4.31 Å². The van der Waals surface area contributed by atoms with Crippen LogP contribution in [-0.4, -0.2) is 25.8 Å². The van der Waals surface area contributed by atoms with Crippen molar-refractivity contribution >= 4 is 26.0 Å². The first-order valence-electron chi connectivity index (χ1n) is 7.23. The summed E-state index contributed by atoms with van der Waals surface area (Å²) >= 11 is 3.41. The fourth-order valence-electron chi connectivity index (χ4n) is 2.87. The van der Waals surface area contributed by atoms with E-state index >= 15 is 0 Å². The summed E-state index contributed by atoms with van der Waals surface area (Å²) in [7, 11) is -1.66. The van der Waals surface area contributed by atoms with Gasteiger partial charge in [-0.25, -0.2) is 8.42 Å². The number of sulfonamides is 1. The summed E-state index contributed by atoms with van der Waals surface area (Å²) in [6, 6.07) is 5.59. The van der Waals surface area contributed by atoms with E-state index in [9.17, 15) is 8.42 Å². The second-order valence-corrected chi connectivity index (χ2v) is 8.30. The van der Waals surface area contributed by atoms with Crippen LogP contribution in [-0.2, 0) is 16.4 Å². The van der Waals surface area contributed by atoms with Gasteiger partial charge in [0.15, 0.2) is 0 Å². The van der Waals surface area contributed by atoms with Gasteiger partial charge in [-0.3, -0.25) is 0 Å². The van der Waals surface area contributed by atoms with E-state index in [0.717, 1.165) is 35.7 Å². The lowest BCUT2D eigenvalue weighted by molar-refractivity contribution is 0.285. The molecule has 2 rings (SSSR count). The zero-order chi connectivity index (χ0) is 14.8. The molecule has 0 aliphatic heterocycles. The fraction of sp³-hybridized carbons (Fsp3) is 0.600. The highest BCUT2D eigenvalue weighted by molar-refractivity contribution is 9.10. The van der Waals surface area contributed by atoms with Crippen LogP contribution in [0.2, 0.25) is 0 Å². The molecular formula is C15H22BrNO2S. The quantitative estimate of drug-likeness (QED) is 0.815. The third-order valence-corrected chi connectivity index (χ3v) is 6.65. The highest BCUT2D eigenvalue weighted by Gasteiger charge is 2.30. The maximum Gasteiger partial charge on any atom is 0.243 e. The number of rotatable bonds is 4. The number of nitrogens with zero attached hydrogens (tertiary/aromatic N) is 1. The summed E-state index contributed by atoms with van der Waals surface area (Å²) in [5.74, 6) is 0. The average molecular weight is 360 g/mol. The van der Waals surface area contributed by atoms with Gasteiger partial charge in [-0.05, 0) is 43.0 Å². The van der Waals surface area contributed by atoms with E-state index in [-0.39, 0.29) is 6.04 Å². The molecule has 1 aliphatic rings. The zero-order valence-corrected chi connectivity index (χ0v) is 14.5. The van der Waals surface area contributed by atoms with E-state index in [2.05, 4.69) is 15.9 Å². The maximum absolute atomic E-state index is 12.8. The van der Waals surface area contributed by atoms with Gasteiger partial charge < -0.3 is 0 Å². The van der Waals surface area contributed by atoms with Crippen molar-refractivity contribution in [3.63, 3.8) is 0 Å². The molecule has 3 nitrogen and oxygen atoms in total. The molecule has 1 aliphatic carbocycles. The minimum absolute atomic E-state index is 0.155. The van der Waals surface area contributed by atoms with E-state index in [1.807, 2.05) is 13.0 Å². The number of halogens is 1. The minimum atomic E-state index is -3.39. The second-order valence-electron chi connectivity index (χ2n) is 5.42. The van der Waals surface area contributed by atoms with Crippen LogP contribution < -0.4 is 0 Å². The summed E-state index contributed by atoms with van der Waals surface area (Å²) < 4.78 is 28.2. The Labute approximate surface area is 130 Å². The monoisotopic (exact) mass is 359 g/mol. The normalized spacial score (nSPS) is 17.6. The first-order chi connectivity index (χ1) is 9.46. The lowest BCUT2D eigenvalue weighted by Gasteiger charge is -2.31. The van der Waals surface area contributed by atoms with Crippen molar-refractivity contribution in [2.75, 3.05) is 7.05 Å². The molecule has 0 saturated heterocycles. The van der Waals surface area contributed by atoms with Crippen molar-refractivity contribution in [2.24, 2.45) is 0 Å². The highest BCUT2D eigenvalue weighted by Crippen LogP contribution is 2.29. The molecule has 112 valence electrons. The van der Waals surface area contributed by atoms with Gasteiger partial charge in [0.05, 0.1) is 4.90 Å². The number of hydrogen-bond donors (Lipinski definition) is 0. The number of aryl methyl sites for hydroxylation is 1. The molecule has 1 fully saturated rings. The predicted octanol–water partition coefficient (Wildman–Crippen LogP) is 3.96. The summed E-state index contributed by atoms with van der Waals surface area (Å²) in [6.07, 6.45) is 6.16. The molecule has 1 aromatic carbocycles. The van der Waals surface area contributed by atoms with Gasteiger partial charge in [-0.2, -0.15) is 4.31 Å². The van der Waals surface area contributed by atoms with Crippen LogP contribution in [0.15, 0.2) is 27.6 Å². The Morgan fingerprint density at radius 2 is 1.90 bits per heavy atom. The van der Waals surface area contributed by atoms with E-state index in [1.54, 1.807) is 23.5 Å². The molecule has 1 saturated carbocycles. The van der Waals surface area contributed by atoms with Crippen molar-refractivity contribution in [2.45, 2.75) is 56.4 Å². The number of benzene rings is 1. The largest absolute Gasteiger partial charge is 0.243 e. The summed E-state index contributed by atoms with van der Waals surface area (Å²) in [5.41, 5.74) is 0.877. The van der Waals surface area contributed by atoms with Crippen LogP contribution >= 0.6 is 15.9 Å².